The van der Waals surface area contributed by atoms with E-state index in [1.54, 1.807) is 0 Å². The smallest absolute Gasteiger partial charge is 0.321 e. The second-order valence-electron chi connectivity index (χ2n) is 3.71. The van der Waals surface area contributed by atoms with Gasteiger partial charge in [-0.25, -0.2) is 12.8 Å². The molecule has 0 radical (unpaired) electrons. The lowest BCUT2D eigenvalue weighted by molar-refractivity contribution is -0.138. The van der Waals surface area contributed by atoms with Crippen molar-refractivity contribution in [2.24, 2.45) is 0 Å². The molecular formula is C10H11ClFNO4S. The van der Waals surface area contributed by atoms with E-state index in [4.69, 9.17) is 16.7 Å². The fraction of sp³-hybridized carbons (Fsp3) is 0.300. The zero-order chi connectivity index (χ0) is 14.1. The highest BCUT2D eigenvalue weighted by Crippen LogP contribution is 2.24. The average molecular weight is 296 g/mol. The van der Waals surface area contributed by atoms with Crippen LogP contribution in [0.4, 0.5) is 4.39 Å². The first kappa shape index (κ1) is 14.9. The third kappa shape index (κ3) is 3.18. The van der Waals surface area contributed by atoms with E-state index in [0.717, 1.165) is 12.1 Å². The van der Waals surface area contributed by atoms with E-state index in [1.807, 2.05) is 4.72 Å². The summed E-state index contributed by atoms with van der Waals surface area (Å²) in [6.07, 6.45) is 0. The number of carboxylic acid groups (broad SMARTS) is 1. The van der Waals surface area contributed by atoms with E-state index in [2.05, 4.69) is 0 Å². The summed E-state index contributed by atoms with van der Waals surface area (Å²) in [5.41, 5.74) is 0.0998. The Bertz CT molecular complexity index is 588. The molecule has 1 rings (SSSR count). The summed E-state index contributed by atoms with van der Waals surface area (Å²) in [6, 6.07) is 0.613. The van der Waals surface area contributed by atoms with E-state index in [-0.39, 0.29) is 15.5 Å². The molecule has 0 aliphatic heterocycles. The number of sulfonamides is 1. The molecule has 5 nitrogen and oxygen atoms in total. The molecule has 1 unspecified atom stereocenters. The molecule has 0 bridgehead atoms. The number of halogens is 2. The van der Waals surface area contributed by atoms with Crippen LogP contribution in [0.25, 0.3) is 0 Å². The zero-order valence-electron chi connectivity index (χ0n) is 9.57. The number of carboxylic acids is 1. The van der Waals surface area contributed by atoms with Crippen molar-refractivity contribution in [1.29, 1.82) is 0 Å². The number of carbonyl (C=O) groups is 1. The normalized spacial score (nSPS) is 13.3. The molecule has 0 amide bonds. The number of benzene rings is 1. The van der Waals surface area contributed by atoms with Crippen LogP contribution in [0.2, 0.25) is 5.02 Å². The molecule has 0 aliphatic rings. The summed E-state index contributed by atoms with van der Waals surface area (Å²) in [4.78, 5) is 10.2. The maximum Gasteiger partial charge on any atom is 0.321 e. The first-order valence-corrected chi connectivity index (χ1v) is 6.72. The minimum absolute atomic E-state index is 0.0998. The van der Waals surface area contributed by atoms with Crippen molar-refractivity contribution in [3.8, 4) is 0 Å². The van der Waals surface area contributed by atoms with Crippen LogP contribution in [0.5, 0.6) is 0 Å². The molecular weight excluding hydrogens is 285 g/mol. The Hall–Kier alpha value is -1.18. The van der Waals surface area contributed by atoms with Crippen molar-refractivity contribution < 1.29 is 22.7 Å². The van der Waals surface area contributed by atoms with Gasteiger partial charge in [0.15, 0.2) is 0 Å². The molecule has 0 fully saturated rings. The second-order valence-corrected chi connectivity index (χ2v) is 5.80. The molecule has 1 aromatic carbocycles. The molecule has 18 heavy (non-hydrogen) atoms. The Kier molecular flexibility index (Phi) is 4.31. The van der Waals surface area contributed by atoms with Gasteiger partial charge in [0.2, 0.25) is 10.0 Å². The van der Waals surface area contributed by atoms with E-state index >= 15 is 0 Å². The van der Waals surface area contributed by atoms with Gasteiger partial charge in [0, 0.05) is 0 Å². The summed E-state index contributed by atoms with van der Waals surface area (Å²) in [5, 5.41) is 8.34. The van der Waals surface area contributed by atoms with Crippen LogP contribution in [-0.2, 0) is 14.8 Å². The van der Waals surface area contributed by atoms with Crippen molar-refractivity contribution in [3.05, 3.63) is 28.5 Å². The van der Waals surface area contributed by atoms with E-state index < -0.39 is 27.9 Å². The lowest BCUT2D eigenvalue weighted by Crippen LogP contribution is -2.38. The molecule has 0 heterocycles. The van der Waals surface area contributed by atoms with Gasteiger partial charge in [0.1, 0.15) is 16.8 Å². The zero-order valence-corrected chi connectivity index (χ0v) is 11.1. The van der Waals surface area contributed by atoms with Crippen LogP contribution >= 0.6 is 11.6 Å². The number of aryl methyl sites for hydroxylation is 1. The summed E-state index contributed by atoms with van der Waals surface area (Å²) in [7, 11) is -4.10. The largest absolute Gasteiger partial charge is 0.480 e. The predicted octanol–water partition coefficient (Wildman–Crippen LogP) is 1.54. The topological polar surface area (TPSA) is 83.5 Å². The summed E-state index contributed by atoms with van der Waals surface area (Å²) in [5.74, 6) is -1.96. The van der Waals surface area contributed by atoms with Gasteiger partial charge >= 0.3 is 5.97 Å². The molecule has 0 aromatic heterocycles. The highest BCUT2D eigenvalue weighted by atomic mass is 35.5. The quantitative estimate of drug-likeness (QED) is 0.882. The minimum Gasteiger partial charge on any atom is -0.480 e. The molecule has 100 valence electrons. The molecule has 0 aliphatic carbocycles. The van der Waals surface area contributed by atoms with Gasteiger partial charge in [-0.2, -0.15) is 4.72 Å². The van der Waals surface area contributed by atoms with Crippen molar-refractivity contribution >= 4 is 27.6 Å². The van der Waals surface area contributed by atoms with Crippen LogP contribution in [-0.4, -0.2) is 25.5 Å². The van der Waals surface area contributed by atoms with Crippen LogP contribution in [0.1, 0.15) is 12.5 Å². The fourth-order valence-corrected chi connectivity index (χ4v) is 2.98. The molecule has 0 saturated heterocycles. The van der Waals surface area contributed by atoms with Gasteiger partial charge in [-0.05, 0) is 31.5 Å². The van der Waals surface area contributed by atoms with Crippen molar-refractivity contribution in [3.63, 3.8) is 0 Å². The van der Waals surface area contributed by atoms with Crippen LogP contribution in [0.3, 0.4) is 0 Å². The van der Waals surface area contributed by atoms with Gasteiger partial charge in [-0.15, -0.1) is 0 Å². The summed E-state index contributed by atoms with van der Waals surface area (Å²) < 4.78 is 38.8. The lowest BCUT2D eigenvalue weighted by Gasteiger charge is -2.12. The summed E-state index contributed by atoms with van der Waals surface area (Å²) >= 11 is 5.64. The van der Waals surface area contributed by atoms with Crippen LogP contribution in [0, 0.1) is 12.7 Å². The number of hydrogen-bond acceptors (Lipinski definition) is 3. The number of hydrogen-bond donors (Lipinski definition) is 2. The Morgan fingerprint density at radius 2 is 2.06 bits per heavy atom. The fourth-order valence-electron chi connectivity index (χ4n) is 1.18. The Morgan fingerprint density at radius 1 is 1.50 bits per heavy atom. The Balaban J connectivity index is 3.21. The van der Waals surface area contributed by atoms with Crippen molar-refractivity contribution in [2.45, 2.75) is 24.8 Å². The highest BCUT2D eigenvalue weighted by molar-refractivity contribution is 7.89. The molecule has 1 atom stereocenters. The maximum absolute atomic E-state index is 13.1. The van der Waals surface area contributed by atoms with E-state index in [0.29, 0.717) is 0 Å². The first-order chi connectivity index (χ1) is 8.15. The summed E-state index contributed by atoms with van der Waals surface area (Å²) in [6.45, 7) is 2.55. The Morgan fingerprint density at radius 3 is 2.56 bits per heavy atom. The Labute approximate surface area is 109 Å². The van der Waals surface area contributed by atoms with Gasteiger partial charge < -0.3 is 5.11 Å². The lowest BCUT2D eigenvalue weighted by atomic mass is 10.2. The molecule has 2 N–H and O–H groups in total. The highest BCUT2D eigenvalue weighted by Gasteiger charge is 2.24. The molecule has 0 saturated carbocycles. The maximum atomic E-state index is 13.1. The van der Waals surface area contributed by atoms with Crippen LogP contribution in [0.15, 0.2) is 17.0 Å². The number of nitrogens with one attached hydrogen (secondary N) is 1. The van der Waals surface area contributed by atoms with Gasteiger partial charge in [-0.1, -0.05) is 11.6 Å². The molecule has 0 spiro atoms. The minimum atomic E-state index is -4.10. The molecule has 1 aromatic rings. The van der Waals surface area contributed by atoms with Crippen LogP contribution < -0.4 is 4.72 Å². The predicted molar refractivity (Wildman–Crippen MR) is 63.6 cm³/mol. The second kappa shape index (κ2) is 5.21. The van der Waals surface area contributed by atoms with Crippen molar-refractivity contribution in [2.75, 3.05) is 0 Å². The standard InChI is InChI=1S/C10H11ClFNO4S/c1-5-3-9(7(11)4-8(5)12)18(16,17)13-6(2)10(14)15/h3-4,6,13H,1-2H3,(H,14,15). The van der Waals surface area contributed by atoms with Gasteiger partial charge in [0.05, 0.1) is 5.02 Å². The van der Waals surface area contributed by atoms with Gasteiger partial charge in [-0.3, -0.25) is 4.79 Å². The third-order valence-electron chi connectivity index (χ3n) is 2.21. The van der Waals surface area contributed by atoms with Gasteiger partial charge in [0.25, 0.3) is 0 Å². The molecule has 8 heteroatoms. The first-order valence-electron chi connectivity index (χ1n) is 4.86. The number of rotatable bonds is 4. The van der Waals surface area contributed by atoms with Crippen molar-refractivity contribution in [1.82, 2.24) is 4.72 Å². The average Bonchev–Trinajstić information content (AvgIpc) is 2.22. The van der Waals surface area contributed by atoms with E-state index in [9.17, 15) is 17.6 Å². The third-order valence-corrected chi connectivity index (χ3v) is 4.21. The number of aliphatic carboxylic acids is 1. The van der Waals surface area contributed by atoms with E-state index in [1.165, 1.54) is 13.8 Å². The monoisotopic (exact) mass is 295 g/mol. The SMILES string of the molecule is Cc1cc(S(=O)(=O)NC(C)C(=O)O)c(Cl)cc1F.